The molecule has 1 aromatic carbocycles. The molecule has 0 spiro atoms. The number of benzene rings is 1. The Labute approximate surface area is 126 Å². The predicted molar refractivity (Wildman–Crippen MR) is 79.2 cm³/mol. The van der Waals surface area contributed by atoms with Crippen LogP contribution in [0.2, 0.25) is 5.02 Å². The molecule has 1 nitrogen and oxygen atoms in total. The van der Waals surface area contributed by atoms with Crippen LogP contribution in [-0.4, -0.2) is 5.78 Å². The van der Waals surface area contributed by atoms with E-state index in [1.54, 1.807) is 0 Å². The maximum atomic E-state index is 14.0. The molecular formula is C15H17BrClFO. The van der Waals surface area contributed by atoms with Gasteiger partial charge < -0.3 is 0 Å². The van der Waals surface area contributed by atoms with Crippen molar-refractivity contribution in [3.8, 4) is 0 Å². The van der Waals surface area contributed by atoms with Crippen molar-refractivity contribution in [2.75, 3.05) is 0 Å². The lowest BCUT2D eigenvalue weighted by Gasteiger charge is -2.37. The third-order valence-electron chi connectivity index (χ3n) is 4.10. The molecule has 0 amide bonds. The van der Waals surface area contributed by atoms with Gasteiger partial charge in [0.2, 0.25) is 0 Å². The molecule has 1 aliphatic rings. The second-order valence-electron chi connectivity index (χ2n) is 5.90. The van der Waals surface area contributed by atoms with Crippen LogP contribution in [0.3, 0.4) is 0 Å². The van der Waals surface area contributed by atoms with Gasteiger partial charge in [-0.05, 0) is 46.3 Å². The van der Waals surface area contributed by atoms with E-state index < -0.39 is 5.82 Å². The first-order valence-electron chi connectivity index (χ1n) is 6.51. The Morgan fingerprint density at radius 1 is 1.42 bits per heavy atom. The van der Waals surface area contributed by atoms with Crippen LogP contribution >= 0.6 is 27.5 Å². The summed E-state index contributed by atoms with van der Waals surface area (Å²) in [4.78, 5) is 12.6. The molecule has 4 heteroatoms. The van der Waals surface area contributed by atoms with E-state index in [4.69, 9.17) is 11.6 Å². The normalized spacial score (nSPS) is 22.3. The van der Waals surface area contributed by atoms with Gasteiger partial charge in [-0.2, -0.15) is 0 Å². The van der Waals surface area contributed by atoms with Crippen LogP contribution in [0.25, 0.3) is 0 Å². The highest BCUT2D eigenvalue weighted by Gasteiger charge is 2.38. The van der Waals surface area contributed by atoms with Gasteiger partial charge in [0.05, 0.1) is 10.6 Å². The van der Waals surface area contributed by atoms with Crippen molar-refractivity contribution in [3.63, 3.8) is 0 Å². The number of ketones is 1. The van der Waals surface area contributed by atoms with Crippen LogP contribution in [0.1, 0.15) is 49.9 Å². The number of hydrogen-bond donors (Lipinski definition) is 0. The number of rotatable bonds is 2. The van der Waals surface area contributed by atoms with E-state index in [0.29, 0.717) is 9.50 Å². The van der Waals surface area contributed by atoms with Gasteiger partial charge in [0.1, 0.15) is 5.82 Å². The van der Waals surface area contributed by atoms with Gasteiger partial charge >= 0.3 is 0 Å². The monoisotopic (exact) mass is 346 g/mol. The molecule has 104 valence electrons. The van der Waals surface area contributed by atoms with Gasteiger partial charge in [-0.3, -0.25) is 4.79 Å². The fraction of sp³-hybridized carbons (Fsp3) is 0.533. The van der Waals surface area contributed by atoms with Gasteiger partial charge in [-0.1, -0.05) is 38.3 Å². The van der Waals surface area contributed by atoms with Gasteiger partial charge in [-0.25, -0.2) is 4.39 Å². The third-order valence-corrected chi connectivity index (χ3v) is 5.30. The zero-order chi connectivity index (χ0) is 14.2. The van der Waals surface area contributed by atoms with E-state index in [9.17, 15) is 9.18 Å². The molecule has 0 radical (unpaired) electrons. The molecule has 1 aliphatic carbocycles. The Morgan fingerprint density at radius 3 is 2.74 bits per heavy atom. The highest BCUT2D eigenvalue weighted by molar-refractivity contribution is 9.10. The van der Waals surface area contributed by atoms with Crippen molar-refractivity contribution in [1.29, 1.82) is 0 Å². The summed E-state index contributed by atoms with van der Waals surface area (Å²) < 4.78 is 14.5. The molecule has 0 saturated heterocycles. The lowest BCUT2D eigenvalue weighted by Crippen LogP contribution is -2.34. The molecule has 19 heavy (non-hydrogen) atoms. The fourth-order valence-electron chi connectivity index (χ4n) is 2.88. The minimum atomic E-state index is -0.498. The first-order chi connectivity index (χ1) is 8.83. The minimum Gasteiger partial charge on any atom is -0.294 e. The molecule has 1 saturated carbocycles. The van der Waals surface area contributed by atoms with Crippen LogP contribution in [-0.2, 0) is 0 Å². The fourth-order valence-corrected chi connectivity index (χ4v) is 3.36. The number of halogens is 3. The van der Waals surface area contributed by atoms with Crippen molar-refractivity contribution in [2.45, 2.75) is 39.5 Å². The van der Waals surface area contributed by atoms with E-state index >= 15 is 0 Å². The van der Waals surface area contributed by atoms with Crippen molar-refractivity contribution >= 4 is 33.3 Å². The Bertz CT molecular complexity index is 513. The average Bonchev–Trinajstić information content (AvgIpc) is 2.32. The topological polar surface area (TPSA) is 17.1 Å². The molecule has 0 aromatic heterocycles. The molecule has 0 aliphatic heterocycles. The second kappa shape index (κ2) is 5.53. The van der Waals surface area contributed by atoms with Gasteiger partial charge in [-0.15, -0.1) is 0 Å². The molecule has 0 N–H and O–H groups in total. The summed E-state index contributed by atoms with van der Waals surface area (Å²) in [6.07, 6.45) is 4.01. The molecular weight excluding hydrogens is 331 g/mol. The summed E-state index contributed by atoms with van der Waals surface area (Å²) in [6.45, 7) is 4.18. The minimum absolute atomic E-state index is 0.0681. The van der Waals surface area contributed by atoms with Gasteiger partial charge in [0, 0.05) is 10.4 Å². The Balaban J connectivity index is 2.36. The summed E-state index contributed by atoms with van der Waals surface area (Å²) >= 11 is 9.14. The van der Waals surface area contributed by atoms with Crippen LogP contribution in [0.15, 0.2) is 16.6 Å². The van der Waals surface area contributed by atoms with Crippen molar-refractivity contribution in [2.24, 2.45) is 11.3 Å². The summed E-state index contributed by atoms with van der Waals surface area (Å²) in [5.74, 6) is -0.729. The number of carbonyl (C=O) groups is 1. The van der Waals surface area contributed by atoms with E-state index in [1.807, 2.05) is 0 Å². The molecule has 0 heterocycles. The standard InChI is InChI=1S/C15H17BrClFO/c1-15(2)6-4-3-5-10(15)14(19)9-7-12(17)11(16)8-13(9)18/h7-8,10H,3-6H2,1-2H3. The molecule has 1 atom stereocenters. The predicted octanol–water partition coefficient (Wildman–Crippen LogP) is 5.64. The molecule has 1 fully saturated rings. The van der Waals surface area contributed by atoms with Crippen LogP contribution in [0.5, 0.6) is 0 Å². The quantitative estimate of drug-likeness (QED) is 0.500. The first-order valence-corrected chi connectivity index (χ1v) is 7.69. The zero-order valence-electron chi connectivity index (χ0n) is 11.1. The summed E-state index contributed by atoms with van der Waals surface area (Å²) in [6, 6.07) is 2.71. The van der Waals surface area contributed by atoms with Gasteiger partial charge in [0.25, 0.3) is 0 Å². The SMILES string of the molecule is CC1(C)CCCCC1C(=O)c1cc(Cl)c(Br)cc1F. The van der Waals surface area contributed by atoms with Crippen molar-refractivity contribution in [1.82, 2.24) is 0 Å². The zero-order valence-corrected chi connectivity index (χ0v) is 13.4. The van der Waals surface area contributed by atoms with Crippen molar-refractivity contribution < 1.29 is 9.18 Å². The molecule has 2 rings (SSSR count). The number of carbonyl (C=O) groups excluding carboxylic acids is 1. The Hall–Kier alpha value is -0.410. The smallest absolute Gasteiger partial charge is 0.169 e. The maximum Gasteiger partial charge on any atom is 0.169 e. The molecule has 1 aromatic rings. The van der Waals surface area contributed by atoms with Crippen LogP contribution in [0, 0.1) is 17.2 Å². The Morgan fingerprint density at radius 2 is 2.11 bits per heavy atom. The molecule has 0 bridgehead atoms. The van der Waals surface area contributed by atoms with E-state index in [1.165, 1.54) is 12.1 Å². The molecule has 1 unspecified atom stereocenters. The second-order valence-corrected chi connectivity index (χ2v) is 7.16. The summed E-state index contributed by atoms with van der Waals surface area (Å²) in [5.41, 5.74) is 0.0505. The highest BCUT2D eigenvalue weighted by atomic mass is 79.9. The van der Waals surface area contributed by atoms with Crippen LogP contribution < -0.4 is 0 Å². The Kier molecular flexibility index (Phi) is 4.36. The lowest BCUT2D eigenvalue weighted by atomic mass is 9.66. The van der Waals surface area contributed by atoms with E-state index in [0.717, 1.165) is 25.7 Å². The van der Waals surface area contributed by atoms with Crippen LogP contribution in [0.4, 0.5) is 4.39 Å². The largest absolute Gasteiger partial charge is 0.294 e. The maximum absolute atomic E-state index is 14.0. The summed E-state index contributed by atoms with van der Waals surface area (Å²) in [7, 11) is 0. The highest BCUT2D eigenvalue weighted by Crippen LogP contribution is 2.42. The number of Topliss-reactive ketones (excluding diaryl/α,β-unsaturated/α-hetero) is 1. The third kappa shape index (κ3) is 3.03. The van der Waals surface area contributed by atoms with E-state index in [-0.39, 0.29) is 22.7 Å². The average molecular weight is 348 g/mol. The summed E-state index contributed by atoms with van der Waals surface area (Å²) in [5, 5.41) is 0.373. The van der Waals surface area contributed by atoms with Crippen molar-refractivity contribution in [3.05, 3.63) is 33.0 Å². The number of hydrogen-bond acceptors (Lipinski definition) is 1. The first kappa shape index (κ1) is 15.0. The van der Waals surface area contributed by atoms with E-state index in [2.05, 4.69) is 29.8 Å². The van der Waals surface area contributed by atoms with Gasteiger partial charge in [0.15, 0.2) is 5.78 Å². The lowest BCUT2D eigenvalue weighted by molar-refractivity contribution is 0.0693.